The molecule has 0 aromatic carbocycles. The summed E-state index contributed by atoms with van der Waals surface area (Å²) in [4.78, 5) is 9.17. The van der Waals surface area contributed by atoms with E-state index >= 15 is 0 Å². The van der Waals surface area contributed by atoms with E-state index < -0.39 is 16.1 Å². The number of hydrogen-bond donors (Lipinski definition) is 0. The first kappa shape index (κ1) is 22.8. The molecule has 2 rings (SSSR count). The van der Waals surface area contributed by atoms with Crippen molar-refractivity contribution in [3.05, 3.63) is 22.3 Å². The molecule has 0 saturated carbocycles. The molecule has 0 unspecified atom stereocenters. The zero-order chi connectivity index (χ0) is 20.1. The van der Waals surface area contributed by atoms with E-state index in [0.717, 1.165) is 40.7 Å². The molecule has 0 aliphatic rings. The zero-order valence-corrected chi connectivity index (χ0v) is 21.6. The Balaban J connectivity index is 1.99. The third-order valence-electron chi connectivity index (χ3n) is 4.12. The summed E-state index contributed by atoms with van der Waals surface area (Å²) in [5.74, 6) is 1.64. The van der Waals surface area contributed by atoms with Crippen molar-refractivity contribution in [3.63, 3.8) is 0 Å². The second-order valence-electron chi connectivity index (χ2n) is 9.27. The zero-order valence-electron chi connectivity index (χ0n) is 17.5. The largest absolute Gasteiger partial charge is 0.361 e. The summed E-state index contributed by atoms with van der Waals surface area (Å²) in [7, 11) is -2.16. The van der Waals surface area contributed by atoms with Crippen LogP contribution in [0, 0.1) is 3.70 Å². The van der Waals surface area contributed by atoms with E-state index in [0.29, 0.717) is 13.5 Å². The Morgan fingerprint density at radius 3 is 2.00 bits per heavy atom. The average Bonchev–Trinajstić information content (AvgIpc) is 3.12. The van der Waals surface area contributed by atoms with Crippen molar-refractivity contribution in [2.45, 2.75) is 64.8 Å². The molecular formula is C18H33IN4O2Si2. The maximum absolute atomic E-state index is 5.91. The van der Waals surface area contributed by atoms with E-state index in [-0.39, 0.29) is 0 Å². The molecule has 0 aliphatic heterocycles. The van der Waals surface area contributed by atoms with Crippen molar-refractivity contribution in [2.75, 3.05) is 13.2 Å². The molecule has 0 saturated heterocycles. The second-order valence-corrected chi connectivity index (χ2v) is 21.6. The summed E-state index contributed by atoms with van der Waals surface area (Å²) < 4.78 is 16.8. The minimum Gasteiger partial charge on any atom is -0.361 e. The van der Waals surface area contributed by atoms with Gasteiger partial charge in [0.2, 0.25) is 0 Å². The number of hydrogen-bond acceptors (Lipinski definition) is 4. The topological polar surface area (TPSA) is 54.1 Å². The van der Waals surface area contributed by atoms with Crippen molar-refractivity contribution in [2.24, 2.45) is 0 Å². The van der Waals surface area contributed by atoms with Crippen LogP contribution in [0.5, 0.6) is 0 Å². The van der Waals surface area contributed by atoms with Crippen molar-refractivity contribution < 1.29 is 9.47 Å². The van der Waals surface area contributed by atoms with Crippen LogP contribution in [-0.2, 0) is 22.9 Å². The van der Waals surface area contributed by atoms with Gasteiger partial charge in [-0.1, -0.05) is 39.3 Å². The lowest BCUT2D eigenvalue weighted by Crippen LogP contribution is -2.22. The molecule has 0 fully saturated rings. The fourth-order valence-electron chi connectivity index (χ4n) is 2.36. The smallest absolute Gasteiger partial charge is 0.179 e. The standard InChI is InChI=1S/C18H33IN4O2Si2/c1-26(2,3)11-9-24-14-22-8-7-20-17(22)18-21-16(19)13-23(18)15-25-10-12-27(4,5)6/h7-8,13H,9-12,14-15H2,1-6H3. The molecule has 6 nitrogen and oxygen atoms in total. The number of halogens is 1. The van der Waals surface area contributed by atoms with Crippen molar-refractivity contribution in [3.8, 4) is 11.6 Å². The molecule has 2 heterocycles. The van der Waals surface area contributed by atoms with Gasteiger partial charge in [0.15, 0.2) is 11.6 Å². The monoisotopic (exact) mass is 520 g/mol. The number of rotatable bonds is 11. The molecule has 0 bridgehead atoms. The van der Waals surface area contributed by atoms with E-state index in [2.05, 4.69) is 71.8 Å². The number of aromatic nitrogens is 4. The summed E-state index contributed by atoms with van der Waals surface area (Å²) in [6, 6.07) is 2.32. The van der Waals surface area contributed by atoms with Gasteiger partial charge in [-0.05, 0) is 34.7 Å². The van der Waals surface area contributed by atoms with Gasteiger partial charge in [-0.3, -0.25) is 0 Å². The summed E-state index contributed by atoms with van der Waals surface area (Å²) in [6.07, 6.45) is 5.76. The van der Waals surface area contributed by atoms with Crippen LogP contribution >= 0.6 is 22.6 Å². The maximum atomic E-state index is 5.91. The van der Waals surface area contributed by atoms with Gasteiger partial charge >= 0.3 is 0 Å². The van der Waals surface area contributed by atoms with Crippen LogP contribution in [0.4, 0.5) is 0 Å². The van der Waals surface area contributed by atoms with Crippen LogP contribution in [-0.4, -0.2) is 48.5 Å². The van der Waals surface area contributed by atoms with E-state index in [1.54, 1.807) is 6.20 Å². The third-order valence-corrected chi connectivity index (χ3v) is 8.04. The van der Waals surface area contributed by atoms with Crippen LogP contribution in [0.2, 0.25) is 51.4 Å². The van der Waals surface area contributed by atoms with Crippen LogP contribution < -0.4 is 0 Å². The highest BCUT2D eigenvalue weighted by Gasteiger charge is 2.17. The van der Waals surface area contributed by atoms with Gasteiger partial charge in [-0.15, -0.1) is 0 Å². The summed E-state index contributed by atoms with van der Waals surface area (Å²) >= 11 is 2.24. The molecular weight excluding hydrogens is 487 g/mol. The molecule has 0 amide bonds. The summed E-state index contributed by atoms with van der Waals surface area (Å²) in [5.41, 5.74) is 0. The van der Waals surface area contributed by atoms with E-state index in [9.17, 15) is 0 Å². The van der Waals surface area contributed by atoms with Gasteiger partial charge < -0.3 is 18.6 Å². The van der Waals surface area contributed by atoms with E-state index in [1.807, 2.05) is 21.5 Å². The Morgan fingerprint density at radius 1 is 0.889 bits per heavy atom. The van der Waals surface area contributed by atoms with Gasteiger partial charge in [0, 0.05) is 48.0 Å². The SMILES string of the molecule is C[Si](C)(C)CCOCn1ccnc1-c1nc(I)cn1COCC[Si](C)(C)C. The molecule has 0 N–H and O–H groups in total. The van der Waals surface area contributed by atoms with Gasteiger partial charge in [-0.2, -0.15) is 0 Å². The fourth-order valence-corrected chi connectivity index (χ4v) is 4.44. The summed E-state index contributed by atoms with van der Waals surface area (Å²) in [6.45, 7) is 16.7. The van der Waals surface area contributed by atoms with Crippen LogP contribution in [0.1, 0.15) is 0 Å². The lowest BCUT2D eigenvalue weighted by molar-refractivity contribution is 0.0844. The molecule has 0 radical (unpaired) electrons. The van der Waals surface area contributed by atoms with Gasteiger partial charge in [0.25, 0.3) is 0 Å². The van der Waals surface area contributed by atoms with Gasteiger partial charge in [-0.25, -0.2) is 9.97 Å². The first-order chi connectivity index (χ1) is 12.6. The average molecular weight is 521 g/mol. The lowest BCUT2D eigenvalue weighted by Gasteiger charge is -2.17. The number of imidazole rings is 2. The Hall–Kier alpha value is -0.496. The van der Waals surface area contributed by atoms with Gasteiger partial charge in [0.05, 0.1) is 0 Å². The lowest BCUT2D eigenvalue weighted by atomic mass is 10.5. The maximum Gasteiger partial charge on any atom is 0.179 e. The Bertz CT molecular complexity index is 720. The van der Waals surface area contributed by atoms with Crippen molar-refractivity contribution >= 4 is 38.7 Å². The highest BCUT2D eigenvalue weighted by molar-refractivity contribution is 14.1. The van der Waals surface area contributed by atoms with Crippen molar-refractivity contribution in [1.82, 2.24) is 19.1 Å². The summed E-state index contributed by atoms with van der Waals surface area (Å²) in [5, 5.41) is 0. The normalized spacial score (nSPS) is 12.7. The number of ether oxygens (including phenoxy) is 2. The number of nitrogens with zero attached hydrogens (tertiary/aromatic N) is 4. The van der Waals surface area contributed by atoms with Crippen LogP contribution in [0.25, 0.3) is 11.6 Å². The van der Waals surface area contributed by atoms with Crippen LogP contribution in [0.15, 0.2) is 18.6 Å². The van der Waals surface area contributed by atoms with E-state index in [4.69, 9.17) is 9.47 Å². The molecule has 27 heavy (non-hydrogen) atoms. The third kappa shape index (κ3) is 8.18. The molecule has 0 aliphatic carbocycles. The Kier molecular flexibility index (Phi) is 8.28. The minimum absolute atomic E-state index is 0.499. The first-order valence-corrected chi connectivity index (χ1v) is 17.9. The predicted octanol–water partition coefficient (Wildman–Crippen LogP) is 4.98. The fraction of sp³-hybridized carbons (Fsp3) is 0.667. The Morgan fingerprint density at radius 2 is 1.44 bits per heavy atom. The Labute approximate surface area is 178 Å². The highest BCUT2D eigenvalue weighted by Crippen LogP contribution is 2.19. The van der Waals surface area contributed by atoms with Crippen LogP contribution in [0.3, 0.4) is 0 Å². The molecule has 152 valence electrons. The molecule has 9 heteroatoms. The van der Waals surface area contributed by atoms with Crippen molar-refractivity contribution in [1.29, 1.82) is 0 Å². The molecule has 2 aromatic heterocycles. The predicted molar refractivity (Wildman–Crippen MR) is 124 cm³/mol. The molecule has 0 atom stereocenters. The quantitative estimate of drug-likeness (QED) is 0.238. The first-order valence-electron chi connectivity index (χ1n) is 9.45. The van der Waals surface area contributed by atoms with E-state index in [1.165, 1.54) is 0 Å². The molecule has 0 spiro atoms. The highest BCUT2D eigenvalue weighted by atomic mass is 127. The van der Waals surface area contributed by atoms with Gasteiger partial charge in [0.1, 0.15) is 17.2 Å². The molecule has 2 aromatic rings. The second kappa shape index (κ2) is 9.81. The minimum atomic E-state index is -1.08.